The van der Waals surface area contributed by atoms with Gasteiger partial charge in [0.05, 0.1) is 0 Å². The molecule has 0 amide bonds. The highest BCUT2D eigenvalue weighted by Crippen LogP contribution is 1.98. The molecule has 2 aromatic heterocycles. The molecule has 15 heavy (non-hydrogen) atoms. The molecular weight excluding hydrogens is 198 g/mol. The normalized spacial score (nSPS) is 11.1. The Morgan fingerprint density at radius 3 is 2.27 bits per heavy atom. The number of rotatable bonds is 0. The first kappa shape index (κ1) is 9.50. The number of imidazole rings is 1. The average molecular weight is 209 g/mol. The summed E-state index contributed by atoms with van der Waals surface area (Å²) in [5, 5.41) is 7.70. The lowest BCUT2D eigenvalue weighted by molar-refractivity contribution is 0.680. The summed E-state index contributed by atoms with van der Waals surface area (Å²) in [5.41, 5.74) is 0.132. The molecule has 2 rings (SSSR count). The van der Waals surface area contributed by atoms with Crippen molar-refractivity contribution < 1.29 is 0 Å². The van der Waals surface area contributed by atoms with Crippen LogP contribution >= 0.6 is 0 Å². The topological polar surface area (TPSA) is 88.6 Å². The number of hydrogen-bond acceptors (Lipinski definition) is 3. The zero-order valence-electron chi connectivity index (χ0n) is 8.66. The summed E-state index contributed by atoms with van der Waals surface area (Å²) in [6.45, 7) is 0. The van der Waals surface area contributed by atoms with Crippen LogP contribution in [0, 0.1) is 5.41 Å². The van der Waals surface area contributed by atoms with Crippen molar-refractivity contribution in [2.24, 2.45) is 21.1 Å². The summed E-state index contributed by atoms with van der Waals surface area (Å²) in [6.07, 6.45) is 0. The van der Waals surface area contributed by atoms with Crippen molar-refractivity contribution >= 4 is 11.2 Å². The Hall–Kier alpha value is -2.05. The predicted octanol–water partition coefficient (Wildman–Crippen LogP) is -1.62. The zero-order chi connectivity index (χ0) is 11.3. The van der Waals surface area contributed by atoms with Gasteiger partial charge in [0.1, 0.15) is 11.2 Å². The van der Waals surface area contributed by atoms with Crippen LogP contribution in [0.15, 0.2) is 9.59 Å². The maximum atomic E-state index is 11.6. The van der Waals surface area contributed by atoms with E-state index in [1.54, 1.807) is 14.1 Å². The van der Waals surface area contributed by atoms with E-state index >= 15 is 0 Å². The van der Waals surface area contributed by atoms with Gasteiger partial charge in [0, 0.05) is 21.1 Å². The maximum Gasteiger partial charge on any atom is 0.330 e. The van der Waals surface area contributed by atoms with E-state index in [9.17, 15) is 9.59 Å². The molecule has 0 bridgehead atoms. The first-order valence-corrected chi connectivity index (χ1v) is 4.34. The number of fused-ring (bicyclic) bond motifs is 1. The molecule has 2 aromatic rings. The highest BCUT2D eigenvalue weighted by molar-refractivity contribution is 5.69. The van der Waals surface area contributed by atoms with Gasteiger partial charge in [0.2, 0.25) is 0 Å². The first-order chi connectivity index (χ1) is 6.95. The van der Waals surface area contributed by atoms with Crippen LogP contribution in [0.25, 0.3) is 11.2 Å². The third-order valence-corrected chi connectivity index (χ3v) is 2.54. The van der Waals surface area contributed by atoms with Crippen molar-refractivity contribution in [3.8, 4) is 0 Å². The van der Waals surface area contributed by atoms with E-state index in [1.807, 2.05) is 0 Å². The van der Waals surface area contributed by atoms with Crippen molar-refractivity contribution in [3.63, 3.8) is 0 Å². The second-order valence-electron chi connectivity index (χ2n) is 3.44. The number of nitrogens with one attached hydrogen (secondary N) is 2. The van der Waals surface area contributed by atoms with E-state index < -0.39 is 0 Å². The molecule has 80 valence electrons. The lowest BCUT2D eigenvalue weighted by Gasteiger charge is -2.05. The summed E-state index contributed by atoms with van der Waals surface area (Å²) in [4.78, 5) is 25.5. The fraction of sp³-hybridized carbons (Fsp3) is 0.375. The van der Waals surface area contributed by atoms with Gasteiger partial charge >= 0.3 is 11.4 Å². The van der Waals surface area contributed by atoms with Crippen LogP contribution in [0.3, 0.4) is 0 Å². The van der Waals surface area contributed by atoms with Gasteiger partial charge in [-0.2, -0.15) is 0 Å². The van der Waals surface area contributed by atoms with Gasteiger partial charge in [0.15, 0.2) is 5.49 Å². The number of aryl methyl sites for hydroxylation is 2. The van der Waals surface area contributed by atoms with Crippen LogP contribution in [0.4, 0.5) is 0 Å². The highest BCUT2D eigenvalue weighted by atomic mass is 16.2. The molecule has 0 aromatic carbocycles. The summed E-state index contributed by atoms with van der Waals surface area (Å²) >= 11 is 0. The van der Waals surface area contributed by atoms with Crippen molar-refractivity contribution in [2.75, 3.05) is 0 Å². The molecular formula is C8H11N5O2. The third-order valence-electron chi connectivity index (χ3n) is 2.54. The van der Waals surface area contributed by atoms with Gasteiger partial charge in [-0.15, -0.1) is 0 Å². The second kappa shape index (κ2) is 2.72. The molecule has 2 heterocycles. The van der Waals surface area contributed by atoms with Crippen molar-refractivity contribution in [1.82, 2.24) is 18.7 Å². The summed E-state index contributed by atoms with van der Waals surface area (Å²) in [5.74, 6) is 0. The van der Waals surface area contributed by atoms with E-state index in [2.05, 4.69) is 4.98 Å². The van der Waals surface area contributed by atoms with Gasteiger partial charge in [-0.1, -0.05) is 0 Å². The molecule has 7 nitrogen and oxygen atoms in total. The maximum absolute atomic E-state index is 11.6. The lowest BCUT2D eigenvalue weighted by Crippen LogP contribution is -2.37. The number of nitrogens with zero attached hydrogens (tertiary/aromatic N) is 3. The Labute approximate surface area is 83.7 Å². The third kappa shape index (κ3) is 1.03. The molecule has 0 spiro atoms. The SMILES string of the molecule is Cn1c(=N)c2[nH]c(=O)n(C)c2n(C)c1=O. The van der Waals surface area contributed by atoms with E-state index in [0.29, 0.717) is 11.2 Å². The second-order valence-corrected chi connectivity index (χ2v) is 3.44. The van der Waals surface area contributed by atoms with Gasteiger partial charge in [0.25, 0.3) is 0 Å². The minimum Gasteiger partial charge on any atom is -0.301 e. The van der Waals surface area contributed by atoms with Gasteiger partial charge in [-0.25, -0.2) is 9.59 Å². The predicted molar refractivity (Wildman–Crippen MR) is 53.6 cm³/mol. The largest absolute Gasteiger partial charge is 0.330 e. The molecule has 0 saturated carbocycles. The van der Waals surface area contributed by atoms with Gasteiger partial charge < -0.3 is 4.98 Å². The molecule has 0 atom stereocenters. The Kier molecular flexibility index (Phi) is 1.72. The Bertz CT molecular complexity index is 711. The van der Waals surface area contributed by atoms with E-state index in [0.717, 1.165) is 0 Å². The summed E-state index contributed by atoms with van der Waals surface area (Å²) in [6, 6.07) is 0. The monoisotopic (exact) mass is 209 g/mol. The van der Waals surface area contributed by atoms with E-state index in [1.165, 1.54) is 20.7 Å². The molecule has 0 fully saturated rings. The van der Waals surface area contributed by atoms with Crippen LogP contribution in [0.1, 0.15) is 0 Å². The molecule has 7 heteroatoms. The molecule has 0 unspecified atom stereocenters. The highest BCUT2D eigenvalue weighted by Gasteiger charge is 2.11. The van der Waals surface area contributed by atoms with Crippen LogP contribution in [0.2, 0.25) is 0 Å². The first-order valence-electron chi connectivity index (χ1n) is 4.34. The molecule has 0 aliphatic carbocycles. The van der Waals surface area contributed by atoms with Crippen molar-refractivity contribution in [3.05, 3.63) is 26.5 Å². The lowest BCUT2D eigenvalue weighted by atomic mass is 10.5. The smallest absolute Gasteiger partial charge is 0.301 e. The van der Waals surface area contributed by atoms with Crippen LogP contribution in [-0.2, 0) is 21.1 Å². The fourth-order valence-electron chi connectivity index (χ4n) is 1.65. The van der Waals surface area contributed by atoms with Crippen molar-refractivity contribution in [2.45, 2.75) is 0 Å². The molecule has 2 N–H and O–H groups in total. The molecule has 0 radical (unpaired) electrons. The number of aromatic amines is 1. The molecule has 0 aliphatic heterocycles. The zero-order valence-corrected chi connectivity index (χ0v) is 8.66. The standard InChI is InChI=1S/C8H11N5O2/c1-11-5(9)4-6(13(3)8(11)15)12(2)7(14)10-4/h9H,1-3H3,(H,10,14). The Morgan fingerprint density at radius 1 is 1.07 bits per heavy atom. The Balaban J connectivity index is 3.30. The summed E-state index contributed by atoms with van der Waals surface area (Å²) in [7, 11) is 4.62. The fourth-order valence-corrected chi connectivity index (χ4v) is 1.65. The van der Waals surface area contributed by atoms with Crippen LogP contribution in [-0.4, -0.2) is 18.7 Å². The minimum absolute atomic E-state index is 0.00537. The molecule has 0 saturated heterocycles. The van der Waals surface area contributed by atoms with Gasteiger partial charge in [-0.3, -0.25) is 19.1 Å². The number of aromatic nitrogens is 4. The summed E-state index contributed by atoms with van der Waals surface area (Å²) < 4.78 is 3.83. The Morgan fingerprint density at radius 2 is 1.67 bits per heavy atom. The average Bonchev–Trinajstić information content (AvgIpc) is 2.50. The molecule has 0 aliphatic rings. The quantitative estimate of drug-likeness (QED) is 0.546. The van der Waals surface area contributed by atoms with Crippen LogP contribution in [0.5, 0.6) is 0 Å². The van der Waals surface area contributed by atoms with Gasteiger partial charge in [-0.05, 0) is 0 Å². The van der Waals surface area contributed by atoms with E-state index in [-0.39, 0.29) is 16.9 Å². The number of hydrogen-bond donors (Lipinski definition) is 2. The van der Waals surface area contributed by atoms with Crippen molar-refractivity contribution in [1.29, 1.82) is 5.41 Å². The number of H-pyrrole nitrogens is 1. The van der Waals surface area contributed by atoms with E-state index in [4.69, 9.17) is 5.41 Å². The van der Waals surface area contributed by atoms with Crippen LogP contribution < -0.4 is 16.9 Å². The minimum atomic E-state index is -0.334.